The average molecular weight is 255 g/mol. The van der Waals surface area contributed by atoms with Crippen molar-refractivity contribution < 1.29 is 9.84 Å². The third-order valence-corrected chi connectivity index (χ3v) is 5.07. The molecule has 0 aromatic heterocycles. The second-order valence-corrected chi connectivity index (χ2v) is 6.35. The van der Waals surface area contributed by atoms with Crippen molar-refractivity contribution in [3.63, 3.8) is 0 Å². The van der Waals surface area contributed by atoms with Crippen molar-refractivity contribution in [2.75, 3.05) is 20.8 Å². The van der Waals surface area contributed by atoms with Crippen molar-refractivity contribution in [3.05, 3.63) is 0 Å². The molecule has 2 aliphatic carbocycles. The fourth-order valence-corrected chi connectivity index (χ4v) is 3.73. The van der Waals surface area contributed by atoms with Crippen LogP contribution in [0.5, 0.6) is 0 Å². The Labute approximate surface area is 112 Å². The molecule has 106 valence electrons. The molecule has 0 aliphatic heterocycles. The zero-order valence-electron chi connectivity index (χ0n) is 12.2. The molecule has 3 heteroatoms. The van der Waals surface area contributed by atoms with Crippen LogP contribution in [0.3, 0.4) is 0 Å². The summed E-state index contributed by atoms with van der Waals surface area (Å²) in [6.07, 6.45) is 8.09. The summed E-state index contributed by atoms with van der Waals surface area (Å²) in [5.74, 6) is 0.762. The molecule has 0 radical (unpaired) electrons. The van der Waals surface area contributed by atoms with Crippen LogP contribution in [0.25, 0.3) is 0 Å². The molecule has 0 bridgehead atoms. The van der Waals surface area contributed by atoms with Crippen molar-refractivity contribution in [1.29, 1.82) is 0 Å². The molecule has 2 aliphatic rings. The van der Waals surface area contributed by atoms with Gasteiger partial charge in [-0.25, -0.2) is 0 Å². The van der Waals surface area contributed by atoms with E-state index in [2.05, 4.69) is 18.9 Å². The summed E-state index contributed by atoms with van der Waals surface area (Å²) in [5.41, 5.74) is 0.280. The van der Waals surface area contributed by atoms with Gasteiger partial charge in [0.1, 0.15) is 0 Å². The van der Waals surface area contributed by atoms with Crippen molar-refractivity contribution in [1.82, 2.24) is 4.90 Å². The zero-order chi connectivity index (χ0) is 13.2. The molecule has 2 rings (SSSR count). The Bertz CT molecular complexity index is 265. The lowest BCUT2D eigenvalue weighted by atomic mass is 9.79. The second-order valence-electron chi connectivity index (χ2n) is 6.35. The smallest absolute Gasteiger partial charge is 0.0646 e. The first-order valence-corrected chi connectivity index (χ1v) is 7.53. The van der Waals surface area contributed by atoms with Crippen LogP contribution in [0, 0.1) is 5.92 Å². The Balaban J connectivity index is 2.02. The van der Waals surface area contributed by atoms with Gasteiger partial charge >= 0.3 is 0 Å². The van der Waals surface area contributed by atoms with E-state index in [9.17, 15) is 5.11 Å². The Hall–Kier alpha value is -0.120. The van der Waals surface area contributed by atoms with Crippen molar-refractivity contribution in [2.45, 2.75) is 69.6 Å². The van der Waals surface area contributed by atoms with Gasteiger partial charge in [-0.3, -0.25) is 4.90 Å². The molecule has 2 fully saturated rings. The quantitative estimate of drug-likeness (QED) is 0.791. The summed E-state index contributed by atoms with van der Waals surface area (Å²) in [5, 5.41) is 9.97. The predicted octanol–water partition coefficient (Wildman–Crippen LogP) is 2.43. The van der Waals surface area contributed by atoms with Gasteiger partial charge in [-0.15, -0.1) is 0 Å². The van der Waals surface area contributed by atoms with E-state index in [1.165, 1.54) is 32.1 Å². The van der Waals surface area contributed by atoms with Crippen molar-refractivity contribution >= 4 is 0 Å². The van der Waals surface area contributed by atoms with Gasteiger partial charge in [0.15, 0.2) is 0 Å². The standard InChI is InChI=1S/C15H29NO2/c1-4-5-12-6-7-13(17)10-14(12)16(2)15(8-9-15)11-18-3/h12-14,17H,4-11H2,1-3H3. The highest BCUT2D eigenvalue weighted by molar-refractivity contribution is 5.06. The van der Waals surface area contributed by atoms with Crippen molar-refractivity contribution in [3.8, 4) is 0 Å². The summed E-state index contributed by atoms with van der Waals surface area (Å²) >= 11 is 0. The zero-order valence-corrected chi connectivity index (χ0v) is 12.2. The SMILES string of the molecule is CCCC1CCC(O)CC1N(C)C1(COC)CC1. The second kappa shape index (κ2) is 5.89. The van der Waals surface area contributed by atoms with Crippen molar-refractivity contribution in [2.24, 2.45) is 5.92 Å². The van der Waals surface area contributed by atoms with E-state index in [1.807, 2.05) is 0 Å². The third-order valence-electron chi connectivity index (χ3n) is 5.07. The number of hydrogen-bond donors (Lipinski definition) is 1. The largest absolute Gasteiger partial charge is 0.393 e. The van der Waals surface area contributed by atoms with Gasteiger partial charge in [0, 0.05) is 18.7 Å². The van der Waals surface area contributed by atoms with E-state index < -0.39 is 0 Å². The predicted molar refractivity (Wildman–Crippen MR) is 73.6 cm³/mol. The van der Waals surface area contributed by atoms with Gasteiger partial charge < -0.3 is 9.84 Å². The number of likely N-dealkylation sites (N-methyl/N-ethyl adjacent to an activating group) is 1. The van der Waals surface area contributed by atoms with Gasteiger partial charge in [0.2, 0.25) is 0 Å². The molecule has 1 N–H and O–H groups in total. The van der Waals surface area contributed by atoms with Crippen LogP contribution < -0.4 is 0 Å². The van der Waals surface area contributed by atoms with Gasteiger partial charge in [0.05, 0.1) is 12.7 Å². The summed E-state index contributed by atoms with van der Waals surface area (Å²) in [7, 11) is 4.05. The van der Waals surface area contributed by atoms with Crippen LogP contribution in [0.1, 0.15) is 51.9 Å². The molecule has 0 amide bonds. The Morgan fingerprint density at radius 2 is 2.06 bits per heavy atom. The molecule has 0 aromatic carbocycles. The first-order chi connectivity index (χ1) is 8.63. The van der Waals surface area contributed by atoms with Crippen LogP contribution in [0.2, 0.25) is 0 Å². The fraction of sp³-hybridized carbons (Fsp3) is 1.00. The molecule has 2 saturated carbocycles. The maximum Gasteiger partial charge on any atom is 0.0646 e. The lowest BCUT2D eigenvalue weighted by Crippen LogP contribution is -2.51. The Morgan fingerprint density at radius 1 is 1.33 bits per heavy atom. The number of rotatable bonds is 6. The van der Waals surface area contributed by atoms with Gasteiger partial charge in [-0.05, 0) is 51.5 Å². The highest BCUT2D eigenvalue weighted by Crippen LogP contribution is 2.45. The number of ether oxygens (including phenoxy) is 1. The minimum absolute atomic E-state index is 0.0936. The molecule has 18 heavy (non-hydrogen) atoms. The molecule has 0 saturated heterocycles. The minimum atomic E-state index is -0.0936. The molecule has 0 spiro atoms. The molecule has 3 nitrogen and oxygen atoms in total. The molecule has 0 heterocycles. The number of aliphatic hydroxyl groups excluding tert-OH is 1. The molecule has 3 atom stereocenters. The summed E-state index contributed by atoms with van der Waals surface area (Å²) in [6, 6.07) is 0.548. The summed E-state index contributed by atoms with van der Waals surface area (Å²) in [4.78, 5) is 2.54. The fourth-order valence-electron chi connectivity index (χ4n) is 3.73. The van der Waals surface area contributed by atoms with Gasteiger partial charge in [-0.1, -0.05) is 13.3 Å². The topological polar surface area (TPSA) is 32.7 Å². The Kier molecular flexibility index (Phi) is 4.68. The minimum Gasteiger partial charge on any atom is -0.393 e. The highest BCUT2D eigenvalue weighted by Gasteiger charge is 2.50. The van der Waals surface area contributed by atoms with Gasteiger partial charge in [-0.2, -0.15) is 0 Å². The van der Waals surface area contributed by atoms with Crippen LogP contribution in [-0.2, 0) is 4.74 Å². The lowest BCUT2D eigenvalue weighted by molar-refractivity contribution is -0.00967. The lowest BCUT2D eigenvalue weighted by Gasteiger charge is -2.43. The number of hydrogen-bond acceptors (Lipinski definition) is 3. The van der Waals surface area contributed by atoms with E-state index in [0.29, 0.717) is 6.04 Å². The van der Waals surface area contributed by atoms with Crippen LogP contribution in [-0.4, -0.2) is 48.5 Å². The molecular weight excluding hydrogens is 226 g/mol. The summed E-state index contributed by atoms with van der Waals surface area (Å²) < 4.78 is 5.40. The maximum absolute atomic E-state index is 9.97. The molecule has 0 aromatic rings. The third kappa shape index (κ3) is 2.89. The van der Waals surface area contributed by atoms with E-state index in [1.54, 1.807) is 7.11 Å². The maximum atomic E-state index is 9.97. The monoisotopic (exact) mass is 255 g/mol. The van der Waals surface area contributed by atoms with E-state index in [0.717, 1.165) is 25.4 Å². The summed E-state index contributed by atoms with van der Waals surface area (Å²) in [6.45, 7) is 3.11. The number of aliphatic hydroxyl groups is 1. The number of methoxy groups -OCH3 is 1. The number of nitrogens with zero attached hydrogens (tertiary/aromatic N) is 1. The van der Waals surface area contributed by atoms with Gasteiger partial charge in [0.25, 0.3) is 0 Å². The Morgan fingerprint density at radius 3 is 2.61 bits per heavy atom. The average Bonchev–Trinajstić information content (AvgIpc) is 3.12. The first-order valence-electron chi connectivity index (χ1n) is 7.53. The highest BCUT2D eigenvalue weighted by atomic mass is 16.5. The van der Waals surface area contributed by atoms with Crippen LogP contribution >= 0.6 is 0 Å². The molecular formula is C15H29NO2. The van der Waals surface area contributed by atoms with E-state index >= 15 is 0 Å². The van der Waals surface area contributed by atoms with E-state index in [-0.39, 0.29) is 11.6 Å². The van der Waals surface area contributed by atoms with E-state index in [4.69, 9.17) is 4.74 Å². The normalized spacial score (nSPS) is 34.8. The van der Waals surface area contributed by atoms with Crippen LogP contribution in [0.4, 0.5) is 0 Å². The first kappa shape index (κ1) is 14.3. The molecule has 3 unspecified atom stereocenters. The van der Waals surface area contributed by atoms with Crippen LogP contribution in [0.15, 0.2) is 0 Å².